The van der Waals surface area contributed by atoms with Gasteiger partial charge in [0, 0.05) is 44.3 Å². The molecule has 3 aromatic heterocycles. The molecule has 0 saturated carbocycles. The number of hydrogen-bond donors (Lipinski definition) is 0. The van der Waals surface area contributed by atoms with Gasteiger partial charge in [0.05, 0.1) is 11.2 Å². The smallest absolute Gasteiger partial charge is 0.164 e. The molecule has 0 bridgehead atoms. The van der Waals surface area contributed by atoms with Crippen molar-refractivity contribution in [2.75, 3.05) is 0 Å². The molecular formula is C62H41N5. The lowest BCUT2D eigenvalue weighted by molar-refractivity contribution is 0.981. The van der Waals surface area contributed by atoms with Crippen molar-refractivity contribution in [3.8, 4) is 101 Å². The zero-order valence-corrected chi connectivity index (χ0v) is 36.4. The van der Waals surface area contributed by atoms with Crippen molar-refractivity contribution in [2.45, 2.75) is 0 Å². The molecule has 0 N–H and O–H groups in total. The molecular weight excluding hydrogens is 815 g/mol. The Kier molecular flexibility index (Phi) is 10.1. The number of aromatic nitrogens is 5. The molecule has 0 aliphatic heterocycles. The van der Waals surface area contributed by atoms with Gasteiger partial charge in [-0.1, -0.05) is 249 Å². The molecule has 0 unspecified atom stereocenters. The fourth-order valence-electron chi connectivity index (χ4n) is 9.23. The minimum absolute atomic E-state index is 0.603. The van der Waals surface area contributed by atoms with Crippen LogP contribution in [0.5, 0.6) is 0 Å². The highest BCUT2D eigenvalue weighted by Gasteiger charge is 2.25. The summed E-state index contributed by atoms with van der Waals surface area (Å²) in [7, 11) is 0. The van der Waals surface area contributed by atoms with E-state index in [2.05, 4.69) is 217 Å². The maximum Gasteiger partial charge on any atom is 0.164 e. The van der Waals surface area contributed by atoms with E-state index in [0.717, 1.165) is 88.9 Å². The molecule has 0 aliphatic carbocycles. The number of nitrogens with zero attached hydrogens (tertiary/aromatic N) is 5. The summed E-state index contributed by atoms with van der Waals surface area (Å²) in [5.74, 6) is 1.84. The fraction of sp³-hybridized carbons (Fsp3) is 0. The Morgan fingerprint density at radius 2 is 0.552 bits per heavy atom. The van der Waals surface area contributed by atoms with E-state index in [4.69, 9.17) is 20.1 Å². The molecule has 0 atom stereocenters. The van der Waals surface area contributed by atoms with Crippen LogP contribution >= 0.6 is 0 Å². The summed E-state index contributed by atoms with van der Waals surface area (Å²) in [6, 6.07) is 87.0. The molecule has 3 heterocycles. The van der Waals surface area contributed by atoms with E-state index in [1.165, 1.54) is 11.1 Å². The number of benzene rings is 9. The first kappa shape index (κ1) is 39.5. The normalized spacial score (nSPS) is 11.3. The van der Waals surface area contributed by atoms with Crippen LogP contribution in [0.15, 0.2) is 249 Å². The molecule has 12 aromatic rings. The maximum absolute atomic E-state index is 5.54. The third-order valence-electron chi connectivity index (χ3n) is 12.5. The minimum atomic E-state index is 0.603. The van der Waals surface area contributed by atoms with Crippen LogP contribution in [0.1, 0.15) is 0 Å². The molecule has 9 aromatic carbocycles. The maximum atomic E-state index is 5.54. The van der Waals surface area contributed by atoms with Gasteiger partial charge in [-0.2, -0.15) is 5.10 Å². The highest BCUT2D eigenvalue weighted by Crippen LogP contribution is 2.46. The van der Waals surface area contributed by atoms with Gasteiger partial charge in [-0.05, 0) is 38.8 Å². The molecule has 67 heavy (non-hydrogen) atoms. The van der Waals surface area contributed by atoms with Crippen molar-refractivity contribution in [3.05, 3.63) is 249 Å². The van der Waals surface area contributed by atoms with Gasteiger partial charge in [-0.15, -0.1) is 0 Å². The summed E-state index contributed by atoms with van der Waals surface area (Å²) in [4.78, 5) is 15.3. The van der Waals surface area contributed by atoms with Crippen molar-refractivity contribution >= 4 is 16.3 Å². The third kappa shape index (κ3) is 7.44. The second-order valence-corrected chi connectivity index (χ2v) is 16.6. The summed E-state index contributed by atoms with van der Waals surface area (Å²) >= 11 is 0. The number of fused-ring (bicyclic) bond motifs is 3. The average molecular weight is 856 g/mol. The van der Waals surface area contributed by atoms with Crippen LogP contribution in [0.3, 0.4) is 0 Å². The second-order valence-electron chi connectivity index (χ2n) is 16.6. The van der Waals surface area contributed by atoms with Crippen LogP contribution in [0.2, 0.25) is 0 Å². The summed E-state index contributed by atoms with van der Waals surface area (Å²) in [6.07, 6.45) is 0. The van der Waals surface area contributed by atoms with Gasteiger partial charge in [-0.3, -0.25) is 0 Å². The third-order valence-corrected chi connectivity index (χ3v) is 12.5. The first-order valence-electron chi connectivity index (χ1n) is 22.6. The van der Waals surface area contributed by atoms with Crippen molar-refractivity contribution in [1.82, 2.24) is 24.6 Å². The number of hydrogen-bond acceptors (Lipinski definition) is 4. The Hall–Kier alpha value is -9.06. The summed E-state index contributed by atoms with van der Waals surface area (Å²) in [6.45, 7) is 0. The molecule has 5 heteroatoms. The Morgan fingerprint density at radius 1 is 0.239 bits per heavy atom. The predicted octanol–water partition coefficient (Wildman–Crippen LogP) is 15.7. The Balaban J connectivity index is 0.986. The van der Waals surface area contributed by atoms with Crippen molar-refractivity contribution in [2.24, 2.45) is 0 Å². The highest BCUT2D eigenvalue weighted by atomic mass is 15.2. The van der Waals surface area contributed by atoms with Crippen molar-refractivity contribution in [1.29, 1.82) is 0 Å². The van der Waals surface area contributed by atoms with E-state index in [1.807, 2.05) is 36.4 Å². The molecule has 0 fully saturated rings. The summed E-state index contributed by atoms with van der Waals surface area (Å²) < 4.78 is 2.18. The molecule has 12 rings (SSSR count). The van der Waals surface area contributed by atoms with E-state index in [9.17, 15) is 0 Å². The van der Waals surface area contributed by atoms with E-state index in [1.54, 1.807) is 0 Å². The van der Waals surface area contributed by atoms with Crippen molar-refractivity contribution < 1.29 is 0 Å². The van der Waals surface area contributed by atoms with Crippen LogP contribution in [0.25, 0.3) is 117 Å². The van der Waals surface area contributed by atoms with Crippen LogP contribution in [-0.4, -0.2) is 24.6 Å². The molecule has 0 aliphatic rings. The SMILES string of the molecule is c1ccc(-c2ccc(-c3ccc(-c4nc(-c5ccccc5)nc(-c5ccc(-c6c(-c7ccccc7)n7nc(-c8ccccc8)c(-c8ccccc8)c7c7ccccc67)cc5)n4)cc3)cc2)cc1. The molecule has 0 radical (unpaired) electrons. The zero-order chi connectivity index (χ0) is 44.5. The van der Waals surface area contributed by atoms with E-state index in [0.29, 0.717) is 17.5 Å². The van der Waals surface area contributed by atoms with E-state index < -0.39 is 0 Å². The summed E-state index contributed by atoms with van der Waals surface area (Å²) in [5, 5.41) is 7.81. The lowest BCUT2D eigenvalue weighted by Crippen LogP contribution is -2.01. The Bertz CT molecular complexity index is 3670. The standard InChI is InChI=1S/C62H41N5/c1-6-18-42(19-7-1)43-30-32-44(33-31-43)45-34-38-51(39-35-45)61-63-60(50-26-14-5-15-27-50)64-62(65-61)52-40-36-47(37-41-52)55-53-28-16-17-29-54(53)59-56(46-20-8-2-9-21-46)57(48-22-10-3-11-23-48)66-67(59)58(55)49-24-12-4-13-25-49/h1-41H. The zero-order valence-electron chi connectivity index (χ0n) is 36.4. The first-order valence-corrected chi connectivity index (χ1v) is 22.6. The van der Waals surface area contributed by atoms with Gasteiger partial charge in [-0.25, -0.2) is 19.5 Å². The van der Waals surface area contributed by atoms with Crippen LogP contribution in [-0.2, 0) is 0 Å². The molecule has 5 nitrogen and oxygen atoms in total. The second kappa shape index (κ2) is 17.1. The lowest BCUT2D eigenvalue weighted by atomic mass is 9.91. The first-order chi connectivity index (χ1) is 33.2. The fourth-order valence-corrected chi connectivity index (χ4v) is 9.23. The van der Waals surface area contributed by atoms with Crippen LogP contribution in [0, 0.1) is 0 Å². The summed E-state index contributed by atoms with van der Waals surface area (Å²) in [5.41, 5.74) is 16.9. The number of rotatable bonds is 9. The highest BCUT2D eigenvalue weighted by molar-refractivity contribution is 6.15. The predicted molar refractivity (Wildman–Crippen MR) is 275 cm³/mol. The van der Waals surface area contributed by atoms with Gasteiger partial charge in [0.2, 0.25) is 0 Å². The van der Waals surface area contributed by atoms with E-state index in [-0.39, 0.29) is 0 Å². The Labute approximate surface area is 389 Å². The van der Waals surface area contributed by atoms with Gasteiger partial charge in [0.25, 0.3) is 0 Å². The van der Waals surface area contributed by atoms with Crippen LogP contribution in [0.4, 0.5) is 0 Å². The van der Waals surface area contributed by atoms with Crippen molar-refractivity contribution in [3.63, 3.8) is 0 Å². The average Bonchev–Trinajstić information content (AvgIpc) is 3.83. The molecule has 0 saturated heterocycles. The number of pyridine rings is 1. The largest absolute Gasteiger partial charge is 0.231 e. The van der Waals surface area contributed by atoms with Crippen LogP contribution < -0.4 is 0 Å². The minimum Gasteiger partial charge on any atom is -0.231 e. The van der Waals surface area contributed by atoms with Gasteiger partial charge in [0.1, 0.15) is 5.69 Å². The Morgan fingerprint density at radius 3 is 1.03 bits per heavy atom. The van der Waals surface area contributed by atoms with Gasteiger partial charge >= 0.3 is 0 Å². The molecule has 0 amide bonds. The topological polar surface area (TPSA) is 56.0 Å². The van der Waals surface area contributed by atoms with Gasteiger partial charge < -0.3 is 0 Å². The lowest BCUT2D eigenvalue weighted by Gasteiger charge is -2.18. The van der Waals surface area contributed by atoms with Gasteiger partial charge in [0.15, 0.2) is 17.5 Å². The quantitative estimate of drug-likeness (QED) is 0.145. The van der Waals surface area contributed by atoms with E-state index >= 15 is 0 Å². The molecule has 0 spiro atoms. The monoisotopic (exact) mass is 855 g/mol. The molecule has 314 valence electrons.